The third-order valence-electron chi connectivity index (χ3n) is 2.42. The Labute approximate surface area is 151 Å². The van der Waals surface area contributed by atoms with Crippen LogP contribution in [0.25, 0.3) is 0 Å². The first-order valence-electron chi connectivity index (χ1n) is 5.95. The van der Waals surface area contributed by atoms with Gasteiger partial charge in [0.25, 0.3) is 5.91 Å². The van der Waals surface area contributed by atoms with Gasteiger partial charge in [-0.3, -0.25) is 4.79 Å². The highest BCUT2D eigenvalue weighted by molar-refractivity contribution is 7.80. The minimum Gasteiger partial charge on any atom is -0.545 e. The highest BCUT2D eigenvalue weighted by atomic mass is 35.6. The second kappa shape index (κ2) is 8.49. The fourth-order valence-corrected chi connectivity index (χ4v) is 2.01. The van der Waals surface area contributed by atoms with Crippen LogP contribution >= 0.6 is 47.0 Å². The lowest BCUT2D eigenvalue weighted by molar-refractivity contribution is -0.254. The van der Waals surface area contributed by atoms with E-state index >= 15 is 0 Å². The third kappa shape index (κ3) is 6.34. The van der Waals surface area contributed by atoms with Crippen molar-refractivity contribution in [1.29, 1.82) is 0 Å². The maximum atomic E-state index is 12.3. The number of thiocarbonyl (C=S) groups is 1. The van der Waals surface area contributed by atoms with Gasteiger partial charge in [0.1, 0.15) is 6.17 Å². The Morgan fingerprint density at radius 1 is 1.26 bits per heavy atom. The molecule has 0 aliphatic rings. The van der Waals surface area contributed by atoms with Gasteiger partial charge in [0.15, 0.2) is 11.8 Å². The molecule has 0 spiro atoms. The Balaban J connectivity index is 2.84. The van der Waals surface area contributed by atoms with E-state index < -0.39 is 28.5 Å². The monoisotopic (exact) mass is 400 g/mol. The molecule has 0 heterocycles. The molecule has 1 aromatic rings. The zero-order chi connectivity index (χ0) is 17.6. The standard InChI is InChI=1S/C12H11Cl3FN3O3S/c13-12(14,15)10(18-8(20)5-16)19-11(23)17-7-4-2-1-3-6(7)9(21)22/h1-4,10H,5H2,(H,18,20)(H,21,22)(H2,17,19,23)/p-1/t10-/m1/s1. The summed E-state index contributed by atoms with van der Waals surface area (Å²) in [6.45, 7) is -1.31. The lowest BCUT2D eigenvalue weighted by Crippen LogP contribution is -2.56. The van der Waals surface area contributed by atoms with E-state index in [0.717, 1.165) is 0 Å². The number of carboxylic acids is 1. The molecule has 0 saturated heterocycles. The summed E-state index contributed by atoms with van der Waals surface area (Å²) >= 11 is 22.0. The molecule has 1 amide bonds. The van der Waals surface area contributed by atoms with Gasteiger partial charge in [-0.25, -0.2) is 4.39 Å². The van der Waals surface area contributed by atoms with Crippen molar-refractivity contribution in [1.82, 2.24) is 10.6 Å². The smallest absolute Gasteiger partial charge is 0.253 e. The number of carbonyl (C=O) groups excluding carboxylic acids is 2. The highest BCUT2D eigenvalue weighted by Crippen LogP contribution is 2.29. The van der Waals surface area contributed by atoms with Crippen molar-refractivity contribution in [3.05, 3.63) is 29.8 Å². The number of nitrogens with one attached hydrogen (secondary N) is 3. The Hall–Kier alpha value is -1.35. The van der Waals surface area contributed by atoms with Crippen LogP contribution in [0.4, 0.5) is 10.1 Å². The molecule has 0 bridgehead atoms. The van der Waals surface area contributed by atoms with Gasteiger partial charge in [0.05, 0.1) is 5.97 Å². The summed E-state index contributed by atoms with van der Waals surface area (Å²) in [5.74, 6) is -2.44. The maximum absolute atomic E-state index is 12.3. The van der Waals surface area contributed by atoms with Crippen LogP contribution in [0.3, 0.4) is 0 Å². The number of anilines is 1. The topological polar surface area (TPSA) is 93.3 Å². The van der Waals surface area contributed by atoms with E-state index in [-0.39, 0.29) is 16.4 Å². The van der Waals surface area contributed by atoms with Crippen molar-refractivity contribution in [3.63, 3.8) is 0 Å². The summed E-state index contributed by atoms with van der Waals surface area (Å²) in [6, 6.07) is 5.80. The van der Waals surface area contributed by atoms with Gasteiger partial charge >= 0.3 is 0 Å². The van der Waals surface area contributed by atoms with Crippen molar-refractivity contribution in [2.45, 2.75) is 9.96 Å². The molecule has 1 rings (SSSR count). The summed E-state index contributed by atoms with van der Waals surface area (Å²) < 4.78 is 10.2. The molecule has 0 aliphatic heterocycles. The van der Waals surface area contributed by atoms with Crippen LogP contribution in [0.1, 0.15) is 10.4 Å². The summed E-state index contributed by atoms with van der Waals surface area (Å²) in [5, 5.41) is 17.9. The zero-order valence-electron chi connectivity index (χ0n) is 11.2. The van der Waals surface area contributed by atoms with Gasteiger partial charge in [-0.2, -0.15) is 0 Å². The number of rotatable bonds is 5. The summed E-state index contributed by atoms with van der Waals surface area (Å²) in [5.41, 5.74) is -0.0141. The van der Waals surface area contributed by atoms with Crippen LogP contribution in [-0.4, -0.2) is 33.6 Å². The number of carboxylic acid groups (broad SMARTS) is 1. The van der Waals surface area contributed by atoms with Crippen LogP contribution in [0.2, 0.25) is 0 Å². The molecule has 0 aromatic heterocycles. The first kappa shape index (κ1) is 19.7. The van der Waals surface area contributed by atoms with E-state index in [0.29, 0.717) is 0 Å². The maximum Gasteiger partial charge on any atom is 0.253 e. The molecular formula is C12H10Cl3FN3O3S-. The van der Waals surface area contributed by atoms with Crippen LogP contribution in [-0.2, 0) is 4.79 Å². The molecule has 0 aliphatic carbocycles. The molecule has 0 saturated carbocycles. The van der Waals surface area contributed by atoms with Crippen LogP contribution in [0, 0.1) is 0 Å². The van der Waals surface area contributed by atoms with Gasteiger partial charge in [-0.1, -0.05) is 53.0 Å². The van der Waals surface area contributed by atoms with Crippen molar-refractivity contribution in [2.75, 3.05) is 12.0 Å². The molecule has 126 valence electrons. The molecule has 6 nitrogen and oxygen atoms in total. The van der Waals surface area contributed by atoms with E-state index in [1.165, 1.54) is 18.2 Å². The van der Waals surface area contributed by atoms with Crippen LogP contribution < -0.4 is 21.1 Å². The number of alkyl halides is 4. The van der Waals surface area contributed by atoms with Gasteiger partial charge in [-0.05, 0) is 18.3 Å². The largest absolute Gasteiger partial charge is 0.545 e. The fourth-order valence-electron chi connectivity index (χ4n) is 1.46. The second-order valence-corrected chi connectivity index (χ2v) is 6.88. The number of hydrogen-bond donors (Lipinski definition) is 3. The first-order chi connectivity index (χ1) is 10.6. The van der Waals surface area contributed by atoms with E-state index in [1.54, 1.807) is 6.07 Å². The Morgan fingerprint density at radius 2 is 1.87 bits per heavy atom. The predicted molar refractivity (Wildman–Crippen MR) is 88.3 cm³/mol. The predicted octanol–water partition coefficient (Wildman–Crippen LogP) is 1.12. The number of benzene rings is 1. The Bertz CT molecular complexity index is 613. The molecule has 11 heteroatoms. The third-order valence-corrected chi connectivity index (χ3v) is 3.30. The van der Waals surface area contributed by atoms with E-state index in [2.05, 4.69) is 16.0 Å². The molecule has 1 aromatic carbocycles. The number of halogens is 4. The van der Waals surface area contributed by atoms with Gasteiger partial charge in [0.2, 0.25) is 3.79 Å². The van der Waals surface area contributed by atoms with E-state index in [1.807, 2.05) is 0 Å². The zero-order valence-corrected chi connectivity index (χ0v) is 14.3. The quantitative estimate of drug-likeness (QED) is 0.389. The number of aromatic carboxylic acids is 1. The minimum absolute atomic E-state index is 0.130. The summed E-state index contributed by atoms with van der Waals surface area (Å²) in [4.78, 5) is 22.1. The normalized spacial score (nSPS) is 12.2. The number of hydrogen-bond acceptors (Lipinski definition) is 4. The van der Waals surface area contributed by atoms with Gasteiger partial charge in [-0.15, -0.1) is 0 Å². The SMILES string of the molecule is O=C(CF)N[C@H](NC(=S)Nc1ccccc1C(=O)[O-])C(Cl)(Cl)Cl. The van der Waals surface area contributed by atoms with Crippen LogP contribution in [0.15, 0.2) is 24.3 Å². The number of para-hydroxylation sites is 1. The van der Waals surface area contributed by atoms with Gasteiger partial charge < -0.3 is 25.9 Å². The van der Waals surface area contributed by atoms with Crippen molar-refractivity contribution in [2.24, 2.45) is 0 Å². The lowest BCUT2D eigenvalue weighted by Gasteiger charge is -2.27. The lowest BCUT2D eigenvalue weighted by atomic mass is 10.2. The molecule has 0 fully saturated rings. The minimum atomic E-state index is -2.04. The Morgan fingerprint density at radius 3 is 2.39 bits per heavy atom. The summed E-state index contributed by atoms with van der Waals surface area (Å²) in [6.07, 6.45) is -1.34. The number of carbonyl (C=O) groups is 2. The summed E-state index contributed by atoms with van der Waals surface area (Å²) in [7, 11) is 0. The molecule has 0 unspecified atom stereocenters. The second-order valence-electron chi connectivity index (χ2n) is 4.11. The van der Waals surface area contributed by atoms with E-state index in [9.17, 15) is 19.1 Å². The molecule has 0 radical (unpaired) electrons. The molecular weight excluding hydrogens is 392 g/mol. The average molecular weight is 402 g/mol. The van der Waals surface area contributed by atoms with Crippen molar-refractivity contribution in [3.8, 4) is 0 Å². The Kier molecular flexibility index (Phi) is 7.27. The van der Waals surface area contributed by atoms with Crippen molar-refractivity contribution >= 4 is 69.7 Å². The molecule has 3 N–H and O–H groups in total. The van der Waals surface area contributed by atoms with Crippen LogP contribution in [0.5, 0.6) is 0 Å². The average Bonchev–Trinajstić information content (AvgIpc) is 2.45. The first-order valence-corrected chi connectivity index (χ1v) is 7.49. The number of amides is 1. The molecule has 23 heavy (non-hydrogen) atoms. The van der Waals surface area contributed by atoms with Crippen molar-refractivity contribution < 1.29 is 19.1 Å². The van der Waals surface area contributed by atoms with E-state index in [4.69, 9.17) is 47.0 Å². The molecule has 1 atom stereocenters. The highest BCUT2D eigenvalue weighted by Gasteiger charge is 2.34. The van der Waals surface area contributed by atoms with Gasteiger partial charge in [0, 0.05) is 11.3 Å². The fraction of sp³-hybridized carbons (Fsp3) is 0.250.